The molecule has 28 heavy (non-hydrogen) atoms. The van der Waals surface area contributed by atoms with Crippen LogP contribution in [0.1, 0.15) is 23.4 Å². The summed E-state index contributed by atoms with van der Waals surface area (Å²) >= 11 is 1.37. The van der Waals surface area contributed by atoms with Crippen molar-refractivity contribution in [2.45, 2.75) is 13.0 Å². The number of fused-ring (bicyclic) bond motifs is 1. The van der Waals surface area contributed by atoms with E-state index >= 15 is 0 Å². The number of rotatable bonds is 4. The number of halogens is 1. The molecule has 0 bridgehead atoms. The molecule has 1 aliphatic heterocycles. The fourth-order valence-corrected chi connectivity index (χ4v) is 4.70. The summed E-state index contributed by atoms with van der Waals surface area (Å²) in [6.45, 7) is 4.58. The molecule has 1 amide bonds. The molecule has 0 aliphatic carbocycles. The van der Waals surface area contributed by atoms with E-state index in [1.807, 2.05) is 0 Å². The number of nitrogens with one attached hydrogen (secondary N) is 1. The molecule has 0 radical (unpaired) electrons. The number of nitrogens with zero attached hydrogens (tertiary/aromatic N) is 4. The van der Waals surface area contributed by atoms with E-state index in [-0.39, 0.29) is 23.8 Å². The summed E-state index contributed by atoms with van der Waals surface area (Å²) < 4.78 is 20.0. The Morgan fingerprint density at radius 1 is 1.36 bits per heavy atom. The van der Waals surface area contributed by atoms with Crippen molar-refractivity contribution in [3.05, 3.63) is 46.9 Å². The molecule has 1 saturated heterocycles. The number of quaternary nitrogens is 1. The van der Waals surface area contributed by atoms with Gasteiger partial charge in [-0.05, 0) is 31.2 Å². The van der Waals surface area contributed by atoms with Gasteiger partial charge in [0.15, 0.2) is 6.04 Å². The summed E-state index contributed by atoms with van der Waals surface area (Å²) in [5.41, 5.74) is 0.890. The number of piperazine rings is 1. The summed E-state index contributed by atoms with van der Waals surface area (Å²) in [6.07, 6.45) is 1.09. The summed E-state index contributed by atoms with van der Waals surface area (Å²) in [5.74, 6) is -0.261. The van der Waals surface area contributed by atoms with Crippen LogP contribution in [-0.2, 0) is 4.74 Å². The summed E-state index contributed by atoms with van der Waals surface area (Å²) in [4.78, 5) is 20.3. The second-order valence-corrected chi connectivity index (χ2v) is 7.58. The third-order valence-corrected chi connectivity index (χ3v) is 6.04. The van der Waals surface area contributed by atoms with Gasteiger partial charge in [0.2, 0.25) is 10.8 Å². The molecule has 1 aliphatic rings. The number of carbonyl (C=O) groups excluding carboxylic acids is 1. The van der Waals surface area contributed by atoms with E-state index < -0.39 is 0 Å². The monoisotopic (exact) mass is 406 g/mol. The molecule has 4 rings (SSSR count). The summed E-state index contributed by atoms with van der Waals surface area (Å²) in [7, 11) is 0. The average molecular weight is 406 g/mol. The Bertz CT molecular complexity index is 965. The highest BCUT2D eigenvalue weighted by Gasteiger charge is 2.36. The van der Waals surface area contributed by atoms with E-state index in [1.54, 1.807) is 24.0 Å². The van der Waals surface area contributed by atoms with Crippen LogP contribution in [0, 0.1) is 5.82 Å². The van der Waals surface area contributed by atoms with Gasteiger partial charge in [-0.15, -0.1) is 0 Å². The molecular formula is C18H21FN5O3S+. The molecule has 1 aromatic carbocycles. The second-order valence-electron chi connectivity index (χ2n) is 6.57. The van der Waals surface area contributed by atoms with Crippen LogP contribution in [0.3, 0.4) is 0 Å². The van der Waals surface area contributed by atoms with Gasteiger partial charge in [0.25, 0.3) is 0 Å². The summed E-state index contributed by atoms with van der Waals surface area (Å²) in [6, 6.07) is 6.11. The van der Waals surface area contributed by atoms with Crippen LogP contribution in [-0.4, -0.2) is 63.5 Å². The number of carbonyl (C=O) groups is 1. The maximum Gasteiger partial charge on any atom is 0.410 e. The van der Waals surface area contributed by atoms with Crippen LogP contribution in [0.5, 0.6) is 5.88 Å². The predicted molar refractivity (Wildman–Crippen MR) is 100 cm³/mol. The Morgan fingerprint density at radius 2 is 2.07 bits per heavy atom. The number of amides is 1. The van der Waals surface area contributed by atoms with Crippen LogP contribution in [0.2, 0.25) is 0 Å². The van der Waals surface area contributed by atoms with Crippen LogP contribution >= 0.6 is 11.3 Å². The number of ether oxygens (including phenoxy) is 1. The third kappa shape index (κ3) is 3.40. The van der Waals surface area contributed by atoms with Gasteiger partial charge in [-0.1, -0.05) is 11.3 Å². The first-order chi connectivity index (χ1) is 13.6. The van der Waals surface area contributed by atoms with Crippen LogP contribution < -0.4 is 4.90 Å². The van der Waals surface area contributed by atoms with Gasteiger partial charge in [-0.2, -0.15) is 9.61 Å². The largest absolute Gasteiger partial charge is 0.492 e. The standard InChI is InChI=1S/C18H20FN5O3S/c1-2-27-18(26)23-9-7-22(8-10-23)14(12-3-5-13(19)6-4-12)15-16(25)24-17(28-15)20-11-21-24/h3-6,11,14,25H,2,7-10H2,1H3/p+1/t14-/m1/s1. The fraction of sp³-hybridized carbons (Fsp3) is 0.389. The van der Waals surface area contributed by atoms with Gasteiger partial charge < -0.3 is 14.7 Å². The van der Waals surface area contributed by atoms with Gasteiger partial charge >= 0.3 is 6.09 Å². The third-order valence-electron chi connectivity index (χ3n) is 4.94. The molecule has 1 atom stereocenters. The SMILES string of the molecule is CCOC(=O)N1CC[NH+]([C@H](c2ccc(F)cc2)c2sc3ncnn3c2O)CC1. The topological polar surface area (TPSA) is 84.4 Å². The Morgan fingerprint density at radius 3 is 2.71 bits per heavy atom. The molecule has 1 fully saturated rings. The maximum atomic E-state index is 13.5. The average Bonchev–Trinajstić information content (AvgIpc) is 3.28. The smallest absolute Gasteiger partial charge is 0.410 e. The number of aromatic hydroxyl groups is 1. The molecule has 0 spiro atoms. The fourth-order valence-electron chi connectivity index (χ4n) is 3.59. The first kappa shape index (κ1) is 18.6. The van der Waals surface area contributed by atoms with Crippen LogP contribution in [0.15, 0.2) is 30.6 Å². The number of aromatic nitrogens is 3. The van der Waals surface area contributed by atoms with E-state index in [1.165, 1.54) is 39.2 Å². The quantitative estimate of drug-likeness (QED) is 0.678. The molecule has 3 aromatic rings. The van der Waals surface area contributed by atoms with Crippen LogP contribution in [0.25, 0.3) is 4.96 Å². The van der Waals surface area contributed by atoms with Crippen molar-refractivity contribution in [3.63, 3.8) is 0 Å². The number of hydrogen-bond donors (Lipinski definition) is 2. The second kappa shape index (κ2) is 7.72. The van der Waals surface area contributed by atoms with Gasteiger partial charge in [-0.3, -0.25) is 4.90 Å². The van der Waals surface area contributed by atoms with Gasteiger partial charge in [0.05, 0.1) is 32.8 Å². The zero-order valence-electron chi connectivity index (χ0n) is 15.3. The normalized spacial score (nSPS) is 16.4. The van der Waals surface area contributed by atoms with Crippen molar-refractivity contribution in [2.75, 3.05) is 32.8 Å². The molecular weight excluding hydrogens is 385 g/mol. The van der Waals surface area contributed by atoms with Gasteiger partial charge in [-0.25, -0.2) is 14.2 Å². The number of thiazole rings is 1. The minimum Gasteiger partial charge on any atom is -0.492 e. The van der Waals surface area contributed by atoms with E-state index in [0.29, 0.717) is 37.7 Å². The molecule has 10 heteroatoms. The van der Waals surface area contributed by atoms with Crippen molar-refractivity contribution < 1.29 is 23.9 Å². The van der Waals surface area contributed by atoms with Crippen LogP contribution in [0.4, 0.5) is 9.18 Å². The predicted octanol–water partition coefficient (Wildman–Crippen LogP) is 1.08. The molecule has 0 unspecified atom stereocenters. The summed E-state index contributed by atoms with van der Waals surface area (Å²) in [5, 5.41) is 14.8. The first-order valence-electron chi connectivity index (χ1n) is 9.11. The molecule has 3 heterocycles. The lowest BCUT2D eigenvalue weighted by molar-refractivity contribution is -0.929. The first-order valence-corrected chi connectivity index (χ1v) is 9.93. The maximum absolute atomic E-state index is 13.5. The minimum atomic E-state index is -0.309. The van der Waals surface area contributed by atoms with Crippen molar-refractivity contribution >= 4 is 22.4 Å². The van der Waals surface area contributed by atoms with Crippen molar-refractivity contribution in [1.82, 2.24) is 19.5 Å². The Labute approximate surface area is 164 Å². The number of benzene rings is 1. The van der Waals surface area contributed by atoms with E-state index in [0.717, 1.165) is 10.4 Å². The zero-order chi connectivity index (χ0) is 19.7. The highest BCUT2D eigenvalue weighted by atomic mass is 32.1. The number of hydrogen-bond acceptors (Lipinski definition) is 6. The highest BCUT2D eigenvalue weighted by molar-refractivity contribution is 7.17. The molecule has 2 N–H and O–H groups in total. The van der Waals surface area contributed by atoms with E-state index in [4.69, 9.17) is 4.74 Å². The molecule has 148 valence electrons. The van der Waals surface area contributed by atoms with E-state index in [2.05, 4.69) is 10.1 Å². The highest BCUT2D eigenvalue weighted by Crippen LogP contribution is 2.34. The van der Waals surface area contributed by atoms with Gasteiger partial charge in [0.1, 0.15) is 17.0 Å². The molecule has 0 saturated carbocycles. The molecule has 8 nitrogen and oxygen atoms in total. The lowest BCUT2D eigenvalue weighted by Crippen LogP contribution is -3.15. The lowest BCUT2D eigenvalue weighted by atomic mass is 10.0. The lowest BCUT2D eigenvalue weighted by Gasteiger charge is -2.35. The van der Waals surface area contributed by atoms with Crippen molar-refractivity contribution in [1.29, 1.82) is 0 Å². The van der Waals surface area contributed by atoms with E-state index in [9.17, 15) is 14.3 Å². The molecule has 2 aromatic heterocycles. The Hall–Kier alpha value is -2.72. The van der Waals surface area contributed by atoms with Crippen molar-refractivity contribution in [2.24, 2.45) is 0 Å². The van der Waals surface area contributed by atoms with Gasteiger partial charge in [0, 0.05) is 5.56 Å². The zero-order valence-corrected chi connectivity index (χ0v) is 16.2. The van der Waals surface area contributed by atoms with Crippen molar-refractivity contribution in [3.8, 4) is 5.88 Å². The Kier molecular flexibility index (Phi) is 5.14. The Balaban J connectivity index is 1.64. The minimum absolute atomic E-state index is 0.0483.